The van der Waals surface area contributed by atoms with Crippen molar-refractivity contribution in [2.75, 3.05) is 6.61 Å². The molecule has 122 valence electrons. The van der Waals surface area contributed by atoms with E-state index in [-0.39, 0.29) is 11.5 Å². The van der Waals surface area contributed by atoms with E-state index in [1.165, 1.54) is 4.31 Å². The van der Waals surface area contributed by atoms with Gasteiger partial charge in [-0.15, -0.1) is 0 Å². The lowest BCUT2D eigenvalue weighted by atomic mass is 10.0. The van der Waals surface area contributed by atoms with Crippen LogP contribution in [-0.2, 0) is 24.5 Å². The molecule has 0 radical (unpaired) electrons. The summed E-state index contributed by atoms with van der Waals surface area (Å²) in [5.74, 6) is 0. The molecule has 2 fully saturated rings. The molecule has 1 aromatic rings. The maximum absolute atomic E-state index is 12.9. The number of rotatable bonds is 2. The highest BCUT2D eigenvalue weighted by Gasteiger charge is 2.44. The molecule has 9 heteroatoms. The number of nitrogens with zero attached hydrogens (tertiary/aromatic N) is 1. The Hall–Kier alpha value is -1.00. The molecule has 2 aliphatic heterocycles. The van der Waals surface area contributed by atoms with Crippen molar-refractivity contribution in [2.45, 2.75) is 43.3 Å². The van der Waals surface area contributed by atoms with Crippen molar-refractivity contribution < 1.29 is 21.0 Å². The van der Waals surface area contributed by atoms with E-state index in [0.717, 1.165) is 12.0 Å². The fraction of sp³-hybridized carbons (Fsp3) is 0.538. The SMILES string of the molecule is Cc1ccc(S(=O)(=O)N2[C@H]3CCC[C@@H]2NS(=O)(=O)OC3)cc1. The van der Waals surface area contributed by atoms with E-state index in [0.29, 0.717) is 12.8 Å². The van der Waals surface area contributed by atoms with Crippen molar-refractivity contribution in [3.8, 4) is 0 Å². The van der Waals surface area contributed by atoms with Gasteiger partial charge in [0.15, 0.2) is 0 Å². The smallest absolute Gasteiger partial charge is 0.256 e. The molecule has 2 atom stereocenters. The lowest BCUT2D eigenvalue weighted by molar-refractivity contribution is 0.148. The van der Waals surface area contributed by atoms with Gasteiger partial charge in [-0.3, -0.25) is 4.18 Å². The minimum Gasteiger partial charge on any atom is -0.256 e. The van der Waals surface area contributed by atoms with Gasteiger partial charge < -0.3 is 0 Å². The van der Waals surface area contributed by atoms with Crippen LogP contribution in [0.25, 0.3) is 0 Å². The molecule has 0 spiro atoms. The zero-order chi connectivity index (χ0) is 16.0. The molecule has 0 saturated carbocycles. The van der Waals surface area contributed by atoms with Gasteiger partial charge in [-0.25, -0.2) is 8.42 Å². The van der Waals surface area contributed by atoms with E-state index < -0.39 is 32.5 Å². The van der Waals surface area contributed by atoms with Gasteiger partial charge in [-0.2, -0.15) is 17.4 Å². The first-order valence-corrected chi connectivity index (χ1v) is 9.91. The topological polar surface area (TPSA) is 92.8 Å². The van der Waals surface area contributed by atoms with Gasteiger partial charge >= 0.3 is 10.3 Å². The van der Waals surface area contributed by atoms with Crippen LogP contribution in [0.2, 0.25) is 0 Å². The number of nitrogens with one attached hydrogen (secondary N) is 1. The van der Waals surface area contributed by atoms with Crippen LogP contribution in [0.3, 0.4) is 0 Å². The van der Waals surface area contributed by atoms with E-state index in [1.807, 2.05) is 6.92 Å². The number of sulfonamides is 1. The van der Waals surface area contributed by atoms with Crippen LogP contribution < -0.4 is 4.72 Å². The molecule has 2 heterocycles. The lowest BCUT2D eigenvalue weighted by Gasteiger charge is -2.37. The summed E-state index contributed by atoms with van der Waals surface area (Å²) in [7, 11) is -7.70. The van der Waals surface area contributed by atoms with Crippen LogP contribution >= 0.6 is 0 Å². The number of hydrogen-bond donors (Lipinski definition) is 1. The summed E-state index contributed by atoms with van der Waals surface area (Å²) < 4.78 is 57.7. The van der Waals surface area contributed by atoms with Gasteiger partial charge in [0.05, 0.1) is 23.7 Å². The Labute approximate surface area is 130 Å². The van der Waals surface area contributed by atoms with Gasteiger partial charge in [0.25, 0.3) is 0 Å². The number of benzene rings is 1. The Morgan fingerprint density at radius 3 is 2.59 bits per heavy atom. The van der Waals surface area contributed by atoms with Crippen LogP contribution in [0.15, 0.2) is 29.2 Å². The Balaban J connectivity index is 2.03. The van der Waals surface area contributed by atoms with E-state index in [1.54, 1.807) is 24.3 Å². The Bertz CT molecular complexity index is 758. The van der Waals surface area contributed by atoms with Crippen LogP contribution in [0, 0.1) is 6.92 Å². The normalized spacial score (nSPS) is 29.0. The van der Waals surface area contributed by atoms with Gasteiger partial charge in [-0.05, 0) is 38.3 Å². The third-order valence-electron chi connectivity index (χ3n) is 3.97. The van der Waals surface area contributed by atoms with E-state index in [2.05, 4.69) is 4.72 Å². The zero-order valence-electron chi connectivity index (χ0n) is 12.1. The Kier molecular flexibility index (Phi) is 4.02. The molecule has 0 aliphatic carbocycles. The molecule has 0 unspecified atom stereocenters. The average Bonchev–Trinajstić information content (AvgIpc) is 2.52. The second kappa shape index (κ2) is 5.57. The highest BCUT2D eigenvalue weighted by atomic mass is 32.2. The van der Waals surface area contributed by atoms with E-state index in [9.17, 15) is 16.8 Å². The minimum absolute atomic E-state index is 0.156. The minimum atomic E-state index is -3.91. The monoisotopic (exact) mass is 346 g/mol. The summed E-state index contributed by atoms with van der Waals surface area (Å²) in [5, 5.41) is 0. The van der Waals surface area contributed by atoms with Crippen molar-refractivity contribution in [3.05, 3.63) is 29.8 Å². The molecule has 2 bridgehead atoms. The maximum atomic E-state index is 12.9. The third-order valence-corrected chi connectivity index (χ3v) is 6.96. The number of hydrogen-bond acceptors (Lipinski definition) is 5. The quantitative estimate of drug-likeness (QED) is 0.852. The Morgan fingerprint density at radius 1 is 1.23 bits per heavy atom. The number of piperidine rings is 1. The standard InChI is InChI=1S/C13H18N2O5S2/c1-10-5-7-12(8-6-10)21(16,17)15-11-3-2-4-13(15)14-22(18,19)20-9-11/h5-8,11,13-14H,2-4,9H2,1H3/t11-,13+/m0/s1. The predicted octanol–water partition coefficient (Wildman–Crippen LogP) is 0.729. The molecule has 0 aromatic heterocycles. The van der Waals surface area contributed by atoms with Crippen molar-refractivity contribution in [3.63, 3.8) is 0 Å². The van der Waals surface area contributed by atoms with Gasteiger partial charge in [0, 0.05) is 0 Å². The highest BCUT2D eigenvalue weighted by molar-refractivity contribution is 7.89. The molecular weight excluding hydrogens is 328 g/mol. The predicted molar refractivity (Wildman–Crippen MR) is 79.6 cm³/mol. The molecule has 3 rings (SSSR count). The lowest BCUT2D eigenvalue weighted by Crippen LogP contribution is -2.55. The van der Waals surface area contributed by atoms with Crippen molar-refractivity contribution in [1.82, 2.24) is 9.03 Å². The maximum Gasteiger partial charge on any atom is 0.337 e. The second-order valence-electron chi connectivity index (χ2n) is 5.61. The fourth-order valence-electron chi connectivity index (χ4n) is 2.89. The summed E-state index contributed by atoms with van der Waals surface area (Å²) >= 11 is 0. The summed E-state index contributed by atoms with van der Waals surface area (Å²) in [6.07, 6.45) is 0.974. The van der Waals surface area contributed by atoms with Crippen molar-refractivity contribution >= 4 is 20.3 Å². The number of aryl methyl sites for hydroxylation is 1. The first-order valence-electron chi connectivity index (χ1n) is 7.06. The molecule has 1 N–H and O–H groups in total. The fourth-order valence-corrected chi connectivity index (χ4v) is 5.70. The molecule has 7 nitrogen and oxygen atoms in total. The molecule has 1 aromatic carbocycles. The average molecular weight is 346 g/mol. The molecular formula is C13H18N2O5S2. The van der Waals surface area contributed by atoms with Crippen LogP contribution in [-0.4, -0.2) is 40.0 Å². The third kappa shape index (κ3) is 2.91. The highest BCUT2D eigenvalue weighted by Crippen LogP contribution is 2.31. The summed E-state index contributed by atoms with van der Waals surface area (Å²) in [6, 6.07) is 6.05. The first kappa shape index (κ1) is 15.9. The summed E-state index contributed by atoms with van der Waals surface area (Å²) in [5.41, 5.74) is 0.957. The summed E-state index contributed by atoms with van der Waals surface area (Å²) in [4.78, 5) is 0.163. The van der Waals surface area contributed by atoms with E-state index >= 15 is 0 Å². The zero-order valence-corrected chi connectivity index (χ0v) is 13.7. The van der Waals surface area contributed by atoms with Gasteiger partial charge in [0.1, 0.15) is 0 Å². The first-order chi connectivity index (χ1) is 10.3. The Morgan fingerprint density at radius 2 is 1.91 bits per heavy atom. The number of fused-ring (bicyclic) bond motifs is 2. The molecule has 2 saturated heterocycles. The second-order valence-corrected chi connectivity index (χ2v) is 8.83. The molecule has 2 aliphatic rings. The molecule has 0 amide bonds. The van der Waals surface area contributed by atoms with E-state index in [4.69, 9.17) is 4.18 Å². The van der Waals surface area contributed by atoms with Gasteiger partial charge in [-0.1, -0.05) is 17.7 Å². The van der Waals surface area contributed by atoms with Crippen molar-refractivity contribution in [1.29, 1.82) is 0 Å². The van der Waals surface area contributed by atoms with Crippen LogP contribution in [0.4, 0.5) is 0 Å². The van der Waals surface area contributed by atoms with Crippen molar-refractivity contribution in [2.24, 2.45) is 0 Å². The van der Waals surface area contributed by atoms with Crippen LogP contribution in [0.1, 0.15) is 24.8 Å². The van der Waals surface area contributed by atoms with Gasteiger partial charge in [0.2, 0.25) is 10.0 Å². The summed E-state index contributed by atoms with van der Waals surface area (Å²) in [6.45, 7) is 1.72. The largest absolute Gasteiger partial charge is 0.337 e. The van der Waals surface area contributed by atoms with Crippen LogP contribution in [0.5, 0.6) is 0 Å². The molecule has 22 heavy (non-hydrogen) atoms.